The number of carbonyl (C=O) groups excluding carboxylic acids is 1. The Morgan fingerprint density at radius 3 is 2.75 bits per heavy atom. The molecular weight excluding hydrogens is 422 g/mol. The fourth-order valence-corrected chi connectivity index (χ4v) is 3.69. The lowest BCUT2D eigenvalue weighted by Gasteiger charge is -2.30. The highest BCUT2D eigenvalue weighted by Gasteiger charge is 2.25. The number of likely N-dealkylation sites (tertiary alicyclic amines) is 1. The van der Waals surface area contributed by atoms with Crippen LogP contribution in [0.15, 0.2) is 51.9 Å². The van der Waals surface area contributed by atoms with E-state index in [0.29, 0.717) is 29.1 Å². The van der Waals surface area contributed by atoms with Gasteiger partial charge in [-0.25, -0.2) is 9.97 Å². The van der Waals surface area contributed by atoms with E-state index in [1.165, 1.54) is 0 Å². The number of benzene rings is 1. The number of aromatic amines is 1. The molecular formula is C20H20BrN5O2. The Bertz CT molecular complexity index is 1040. The molecule has 8 heteroatoms. The van der Waals surface area contributed by atoms with E-state index < -0.39 is 0 Å². The molecule has 0 aliphatic carbocycles. The molecule has 0 saturated carbocycles. The van der Waals surface area contributed by atoms with Crippen LogP contribution < -0.4 is 10.9 Å². The summed E-state index contributed by atoms with van der Waals surface area (Å²) in [6, 6.07) is 11.0. The van der Waals surface area contributed by atoms with Crippen molar-refractivity contribution in [3.63, 3.8) is 0 Å². The van der Waals surface area contributed by atoms with Crippen LogP contribution in [-0.4, -0.2) is 38.8 Å². The lowest BCUT2D eigenvalue weighted by molar-refractivity contribution is -0.121. The number of halogens is 1. The Kier molecular flexibility index (Phi) is 5.50. The highest BCUT2D eigenvalue weighted by Crippen LogP contribution is 2.20. The van der Waals surface area contributed by atoms with Gasteiger partial charge in [-0.15, -0.1) is 0 Å². The van der Waals surface area contributed by atoms with Gasteiger partial charge in [0.1, 0.15) is 11.6 Å². The molecule has 28 heavy (non-hydrogen) atoms. The molecule has 1 saturated heterocycles. The Hall–Kier alpha value is -2.58. The van der Waals surface area contributed by atoms with Gasteiger partial charge in [0, 0.05) is 16.6 Å². The molecule has 4 rings (SSSR count). The van der Waals surface area contributed by atoms with E-state index in [0.717, 1.165) is 30.4 Å². The molecule has 2 aromatic heterocycles. The summed E-state index contributed by atoms with van der Waals surface area (Å²) in [6.07, 6.45) is 3.19. The maximum Gasteiger partial charge on any atom is 0.258 e. The summed E-state index contributed by atoms with van der Waals surface area (Å²) in [7, 11) is 0. The van der Waals surface area contributed by atoms with Gasteiger partial charge in [-0.2, -0.15) is 0 Å². The molecule has 1 aromatic carbocycles. The molecule has 7 nitrogen and oxygen atoms in total. The summed E-state index contributed by atoms with van der Waals surface area (Å²) in [4.78, 5) is 38.5. The summed E-state index contributed by atoms with van der Waals surface area (Å²) in [5.41, 5.74) is 0.592. The van der Waals surface area contributed by atoms with Crippen molar-refractivity contribution >= 4 is 38.6 Å². The SMILES string of the molecule is O=C(Nc1ccc(Br)cn1)C1CCN(Cc2nc3ccccc3c(=O)[nH]2)CC1. The number of carbonyl (C=O) groups is 1. The van der Waals surface area contributed by atoms with Crippen molar-refractivity contribution in [3.05, 3.63) is 63.2 Å². The number of fused-ring (bicyclic) bond motifs is 1. The van der Waals surface area contributed by atoms with Crippen LogP contribution in [0.4, 0.5) is 5.82 Å². The number of para-hydroxylation sites is 1. The standard InChI is InChI=1S/C20H20BrN5O2/c21-14-5-6-17(22-11-14)24-19(27)13-7-9-26(10-8-13)12-18-23-16-4-2-1-3-15(16)20(28)25-18/h1-6,11,13H,7-10,12H2,(H,22,24,27)(H,23,25,28). The van der Waals surface area contributed by atoms with Crippen LogP contribution in [0, 0.1) is 5.92 Å². The summed E-state index contributed by atoms with van der Waals surface area (Å²) >= 11 is 3.33. The van der Waals surface area contributed by atoms with E-state index in [-0.39, 0.29) is 17.4 Å². The predicted octanol–water partition coefficient (Wildman–Crippen LogP) is 2.93. The van der Waals surface area contributed by atoms with Gasteiger partial charge in [-0.3, -0.25) is 14.5 Å². The number of H-pyrrole nitrogens is 1. The van der Waals surface area contributed by atoms with Gasteiger partial charge in [-0.05, 0) is 66.1 Å². The molecule has 0 bridgehead atoms. The molecule has 0 atom stereocenters. The second-order valence-electron chi connectivity index (χ2n) is 6.93. The lowest BCUT2D eigenvalue weighted by atomic mass is 9.96. The minimum absolute atomic E-state index is 0.00621. The van der Waals surface area contributed by atoms with Gasteiger partial charge in [0.2, 0.25) is 5.91 Å². The first-order chi connectivity index (χ1) is 13.6. The molecule has 1 aliphatic rings. The molecule has 3 aromatic rings. The summed E-state index contributed by atoms with van der Waals surface area (Å²) < 4.78 is 0.874. The topological polar surface area (TPSA) is 91.0 Å². The van der Waals surface area contributed by atoms with E-state index in [9.17, 15) is 9.59 Å². The van der Waals surface area contributed by atoms with Crippen LogP contribution in [0.25, 0.3) is 10.9 Å². The van der Waals surface area contributed by atoms with Gasteiger partial charge in [0.15, 0.2) is 0 Å². The molecule has 1 aliphatic heterocycles. The molecule has 2 N–H and O–H groups in total. The first-order valence-electron chi connectivity index (χ1n) is 9.21. The molecule has 1 fully saturated rings. The van der Waals surface area contributed by atoms with Gasteiger partial charge in [0.05, 0.1) is 17.4 Å². The first kappa shape index (κ1) is 18.8. The number of nitrogens with one attached hydrogen (secondary N) is 2. The zero-order chi connectivity index (χ0) is 19.5. The van der Waals surface area contributed by atoms with Crippen LogP contribution in [-0.2, 0) is 11.3 Å². The number of anilines is 1. The number of pyridine rings is 1. The minimum atomic E-state index is -0.114. The fraction of sp³-hybridized carbons (Fsp3) is 0.300. The third-order valence-corrected chi connectivity index (χ3v) is 5.44. The second-order valence-corrected chi connectivity index (χ2v) is 7.85. The predicted molar refractivity (Wildman–Crippen MR) is 111 cm³/mol. The van der Waals surface area contributed by atoms with Gasteiger partial charge in [-0.1, -0.05) is 12.1 Å². The van der Waals surface area contributed by atoms with E-state index in [4.69, 9.17) is 0 Å². The molecule has 144 valence electrons. The number of rotatable bonds is 4. The number of amides is 1. The van der Waals surface area contributed by atoms with Crippen LogP contribution in [0.2, 0.25) is 0 Å². The van der Waals surface area contributed by atoms with E-state index in [2.05, 4.69) is 41.1 Å². The van der Waals surface area contributed by atoms with Crippen molar-refractivity contribution in [2.75, 3.05) is 18.4 Å². The normalized spacial score (nSPS) is 15.6. The van der Waals surface area contributed by atoms with E-state index >= 15 is 0 Å². The summed E-state index contributed by atoms with van der Waals surface area (Å²) in [6.45, 7) is 2.13. The molecule has 0 radical (unpaired) electrons. The summed E-state index contributed by atoms with van der Waals surface area (Å²) in [5.74, 6) is 1.19. The van der Waals surface area contributed by atoms with Crippen molar-refractivity contribution < 1.29 is 4.79 Å². The Morgan fingerprint density at radius 2 is 2.00 bits per heavy atom. The highest BCUT2D eigenvalue weighted by molar-refractivity contribution is 9.10. The Morgan fingerprint density at radius 1 is 1.21 bits per heavy atom. The van der Waals surface area contributed by atoms with Crippen LogP contribution in [0.1, 0.15) is 18.7 Å². The van der Waals surface area contributed by atoms with E-state index in [1.807, 2.05) is 24.3 Å². The third-order valence-electron chi connectivity index (χ3n) is 4.97. The van der Waals surface area contributed by atoms with Crippen molar-refractivity contribution in [1.82, 2.24) is 19.9 Å². The second kappa shape index (κ2) is 8.20. The molecule has 0 spiro atoms. The van der Waals surface area contributed by atoms with Crippen LogP contribution >= 0.6 is 15.9 Å². The summed E-state index contributed by atoms with van der Waals surface area (Å²) in [5, 5.41) is 3.48. The van der Waals surface area contributed by atoms with Gasteiger partial charge >= 0.3 is 0 Å². The highest BCUT2D eigenvalue weighted by atomic mass is 79.9. The largest absolute Gasteiger partial charge is 0.310 e. The third kappa shape index (κ3) is 4.28. The number of aromatic nitrogens is 3. The first-order valence-corrected chi connectivity index (χ1v) is 10.0. The van der Waals surface area contributed by atoms with Crippen molar-refractivity contribution in [2.45, 2.75) is 19.4 Å². The minimum Gasteiger partial charge on any atom is -0.310 e. The maximum absolute atomic E-state index is 12.5. The average Bonchev–Trinajstić information content (AvgIpc) is 2.70. The number of hydrogen-bond acceptors (Lipinski definition) is 5. The van der Waals surface area contributed by atoms with E-state index in [1.54, 1.807) is 18.3 Å². The average molecular weight is 442 g/mol. The van der Waals surface area contributed by atoms with Crippen molar-refractivity contribution in [2.24, 2.45) is 5.92 Å². The number of nitrogens with zero attached hydrogens (tertiary/aromatic N) is 3. The zero-order valence-corrected chi connectivity index (χ0v) is 16.8. The van der Waals surface area contributed by atoms with Gasteiger partial charge in [0.25, 0.3) is 5.56 Å². The molecule has 0 unspecified atom stereocenters. The number of hydrogen-bond donors (Lipinski definition) is 2. The lowest BCUT2D eigenvalue weighted by Crippen LogP contribution is -2.38. The van der Waals surface area contributed by atoms with Crippen molar-refractivity contribution in [3.8, 4) is 0 Å². The maximum atomic E-state index is 12.5. The number of piperidine rings is 1. The fourth-order valence-electron chi connectivity index (χ4n) is 3.45. The zero-order valence-electron chi connectivity index (χ0n) is 15.2. The quantitative estimate of drug-likeness (QED) is 0.649. The van der Waals surface area contributed by atoms with Crippen molar-refractivity contribution in [1.29, 1.82) is 0 Å². The van der Waals surface area contributed by atoms with Gasteiger partial charge < -0.3 is 10.3 Å². The molecule has 1 amide bonds. The Labute approximate surface area is 170 Å². The van der Waals surface area contributed by atoms with Crippen LogP contribution in [0.3, 0.4) is 0 Å². The monoisotopic (exact) mass is 441 g/mol. The smallest absolute Gasteiger partial charge is 0.258 e. The van der Waals surface area contributed by atoms with Crippen LogP contribution in [0.5, 0.6) is 0 Å². The molecule has 3 heterocycles. The Balaban J connectivity index is 1.34.